The molecule has 2 saturated carbocycles. The van der Waals surface area contributed by atoms with E-state index in [1.807, 2.05) is 0 Å². The standard InChI is InChI=1S/C24H21ClF3NO5S/c25-16-4-3-12(23(31)29-15-8-17(26)21(28)18(27)9-15)7-19(16)35(32,33)22-13-1-2-14(22)11-24(10-13)6-5-20(30)34-24/h3-4,7-9,13-14,22H,1-2,5-6,10-11H2,(H,29,31)/t13-,14?,22?,24?/m0/s1. The number of rotatable bonds is 4. The first kappa shape index (κ1) is 24.1. The Bertz CT molecular complexity index is 1310. The summed E-state index contributed by atoms with van der Waals surface area (Å²) < 4.78 is 73.2. The third-order valence-corrected chi connectivity index (χ3v) is 10.2. The minimum absolute atomic E-state index is 0.0487. The molecule has 3 unspecified atom stereocenters. The van der Waals surface area contributed by atoms with E-state index >= 15 is 0 Å². The van der Waals surface area contributed by atoms with Gasteiger partial charge < -0.3 is 10.1 Å². The van der Waals surface area contributed by atoms with E-state index in [1.165, 1.54) is 12.1 Å². The van der Waals surface area contributed by atoms with Crippen LogP contribution in [0.4, 0.5) is 18.9 Å². The predicted molar refractivity (Wildman–Crippen MR) is 120 cm³/mol. The van der Waals surface area contributed by atoms with Crippen molar-refractivity contribution in [1.82, 2.24) is 0 Å². The molecule has 1 N–H and O–H groups in total. The lowest BCUT2D eigenvalue weighted by atomic mass is 9.76. The first-order valence-electron chi connectivity index (χ1n) is 11.2. The molecule has 186 valence electrons. The van der Waals surface area contributed by atoms with E-state index in [4.69, 9.17) is 16.3 Å². The maximum absolute atomic E-state index is 13.7. The van der Waals surface area contributed by atoms with E-state index in [2.05, 4.69) is 5.32 Å². The van der Waals surface area contributed by atoms with E-state index in [-0.39, 0.29) is 39.0 Å². The van der Waals surface area contributed by atoms with Crippen LogP contribution in [0.25, 0.3) is 0 Å². The average molecular weight is 528 g/mol. The Morgan fingerprint density at radius 1 is 1.06 bits per heavy atom. The molecular formula is C24H21ClF3NO5S. The number of halogens is 4. The van der Waals surface area contributed by atoms with Crippen molar-refractivity contribution in [3.63, 3.8) is 0 Å². The first-order chi connectivity index (χ1) is 16.5. The van der Waals surface area contributed by atoms with E-state index in [1.54, 1.807) is 0 Å². The van der Waals surface area contributed by atoms with Crippen molar-refractivity contribution in [3.8, 4) is 0 Å². The van der Waals surface area contributed by atoms with Crippen molar-refractivity contribution in [1.29, 1.82) is 0 Å². The molecule has 0 aromatic heterocycles. The van der Waals surface area contributed by atoms with Crippen LogP contribution in [-0.2, 0) is 19.4 Å². The van der Waals surface area contributed by atoms with Gasteiger partial charge in [-0.2, -0.15) is 0 Å². The summed E-state index contributed by atoms with van der Waals surface area (Å²) in [5.74, 6) is -6.12. The second kappa shape index (κ2) is 8.51. The number of nitrogens with one attached hydrogen (secondary N) is 1. The Morgan fingerprint density at radius 2 is 1.69 bits per heavy atom. The van der Waals surface area contributed by atoms with Gasteiger partial charge in [0.1, 0.15) is 5.60 Å². The molecule has 1 spiro atoms. The molecule has 5 rings (SSSR count). The Balaban J connectivity index is 1.41. The minimum atomic E-state index is -3.96. The van der Waals surface area contributed by atoms with Crippen molar-refractivity contribution in [3.05, 3.63) is 58.4 Å². The summed E-state index contributed by atoms with van der Waals surface area (Å²) in [5, 5.41) is 1.47. The number of ether oxygens (including phenoxy) is 1. The van der Waals surface area contributed by atoms with Crippen LogP contribution in [0.2, 0.25) is 5.02 Å². The maximum atomic E-state index is 13.7. The molecule has 3 fully saturated rings. The van der Waals surface area contributed by atoms with Gasteiger partial charge in [-0.1, -0.05) is 11.6 Å². The van der Waals surface area contributed by atoms with Gasteiger partial charge in [0.2, 0.25) is 0 Å². The quantitative estimate of drug-likeness (QED) is 0.444. The Labute approximate surface area is 204 Å². The van der Waals surface area contributed by atoms with Crippen LogP contribution in [0.1, 0.15) is 48.9 Å². The zero-order chi connectivity index (χ0) is 25.1. The topological polar surface area (TPSA) is 89.5 Å². The van der Waals surface area contributed by atoms with Crippen molar-refractivity contribution < 1.29 is 35.9 Å². The highest BCUT2D eigenvalue weighted by molar-refractivity contribution is 7.92. The summed E-state index contributed by atoms with van der Waals surface area (Å²) >= 11 is 6.26. The van der Waals surface area contributed by atoms with Crippen LogP contribution in [0, 0.1) is 29.3 Å². The van der Waals surface area contributed by atoms with Gasteiger partial charge in [-0.25, -0.2) is 21.6 Å². The molecule has 0 radical (unpaired) electrons. The highest BCUT2D eigenvalue weighted by Gasteiger charge is 2.57. The van der Waals surface area contributed by atoms with Gasteiger partial charge in [-0.05, 0) is 62.1 Å². The second-order valence-electron chi connectivity index (χ2n) is 9.53. The Morgan fingerprint density at radius 3 is 2.26 bits per heavy atom. The molecule has 2 aromatic rings. The summed E-state index contributed by atoms with van der Waals surface area (Å²) in [4.78, 5) is 24.2. The van der Waals surface area contributed by atoms with Crippen LogP contribution < -0.4 is 5.32 Å². The molecule has 2 bridgehead atoms. The molecular weight excluding hydrogens is 507 g/mol. The number of carbonyl (C=O) groups excluding carboxylic acids is 2. The summed E-state index contributed by atoms with van der Waals surface area (Å²) in [6.07, 6.45) is 3.24. The van der Waals surface area contributed by atoms with E-state index in [9.17, 15) is 31.2 Å². The summed E-state index contributed by atoms with van der Waals surface area (Å²) in [6, 6.07) is 4.95. The number of anilines is 1. The first-order valence-corrected chi connectivity index (χ1v) is 13.1. The molecule has 1 heterocycles. The summed E-state index contributed by atoms with van der Waals surface area (Å²) in [7, 11) is -3.96. The number of esters is 1. The lowest BCUT2D eigenvalue weighted by Gasteiger charge is -2.40. The number of hydrogen-bond donors (Lipinski definition) is 1. The Hall–Kier alpha value is -2.59. The third kappa shape index (κ3) is 4.20. The van der Waals surface area contributed by atoms with Gasteiger partial charge in [0.15, 0.2) is 27.3 Å². The second-order valence-corrected chi connectivity index (χ2v) is 12.0. The van der Waals surface area contributed by atoms with Gasteiger partial charge in [0, 0.05) is 29.8 Å². The van der Waals surface area contributed by atoms with Gasteiger partial charge in [-0.3, -0.25) is 9.59 Å². The highest BCUT2D eigenvalue weighted by atomic mass is 35.5. The molecule has 11 heteroatoms. The van der Waals surface area contributed by atoms with Crippen LogP contribution in [0.15, 0.2) is 35.2 Å². The van der Waals surface area contributed by atoms with Crippen LogP contribution in [0.5, 0.6) is 0 Å². The largest absolute Gasteiger partial charge is 0.459 e. The molecule has 1 saturated heterocycles. The minimum Gasteiger partial charge on any atom is -0.459 e. The molecule has 3 aliphatic rings. The third-order valence-electron chi connectivity index (χ3n) is 7.32. The van der Waals surface area contributed by atoms with Gasteiger partial charge in [-0.15, -0.1) is 0 Å². The fourth-order valence-corrected chi connectivity index (χ4v) is 8.77. The zero-order valence-electron chi connectivity index (χ0n) is 18.3. The highest BCUT2D eigenvalue weighted by Crippen LogP contribution is 2.55. The zero-order valence-corrected chi connectivity index (χ0v) is 19.9. The molecule has 35 heavy (non-hydrogen) atoms. The van der Waals surface area contributed by atoms with Crippen molar-refractivity contribution in [2.45, 2.75) is 54.3 Å². The molecule has 2 aromatic carbocycles. The molecule has 2 aliphatic carbocycles. The molecule has 6 nitrogen and oxygen atoms in total. The normalized spacial score (nSPS) is 27.8. The monoisotopic (exact) mass is 527 g/mol. The summed E-state index contributed by atoms with van der Waals surface area (Å²) in [6.45, 7) is 0. The molecule has 1 amide bonds. The number of amides is 1. The number of fused-ring (bicyclic) bond motifs is 2. The fraction of sp³-hybridized carbons (Fsp3) is 0.417. The van der Waals surface area contributed by atoms with E-state index in [0.29, 0.717) is 50.7 Å². The lowest BCUT2D eigenvalue weighted by molar-refractivity contribution is -0.152. The number of benzene rings is 2. The van der Waals surface area contributed by atoms with E-state index < -0.39 is 44.0 Å². The number of sulfone groups is 1. The fourth-order valence-electron chi connectivity index (χ4n) is 5.92. The number of carbonyl (C=O) groups is 2. The molecule has 4 atom stereocenters. The van der Waals surface area contributed by atoms with Crippen molar-refractivity contribution in [2.24, 2.45) is 11.8 Å². The van der Waals surface area contributed by atoms with Crippen LogP contribution in [-0.4, -0.2) is 31.1 Å². The van der Waals surface area contributed by atoms with Gasteiger partial charge in [0.05, 0.1) is 15.2 Å². The van der Waals surface area contributed by atoms with Crippen molar-refractivity contribution in [2.75, 3.05) is 5.32 Å². The maximum Gasteiger partial charge on any atom is 0.306 e. The predicted octanol–water partition coefficient (Wildman–Crippen LogP) is 5.05. The van der Waals surface area contributed by atoms with Gasteiger partial charge in [0.25, 0.3) is 5.91 Å². The smallest absolute Gasteiger partial charge is 0.306 e. The van der Waals surface area contributed by atoms with Crippen LogP contribution in [0.3, 0.4) is 0 Å². The number of hydrogen-bond acceptors (Lipinski definition) is 5. The molecule has 1 aliphatic heterocycles. The van der Waals surface area contributed by atoms with Crippen LogP contribution >= 0.6 is 11.6 Å². The van der Waals surface area contributed by atoms with E-state index in [0.717, 1.165) is 6.07 Å². The Kier molecular flexibility index (Phi) is 5.87. The van der Waals surface area contributed by atoms with Crippen molar-refractivity contribution >= 4 is 39.0 Å². The average Bonchev–Trinajstić information content (AvgIpc) is 3.29. The lowest BCUT2D eigenvalue weighted by Crippen LogP contribution is -2.46. The SMILES string of the molecule is O=C1CCC2(CC3CC[C@@H](C2)C3S(=O)(=O)c2cc(C(=O)Nc3cc(F)c(F)c(F)c3)ccc2Cl)O1. The summed E-state index contributed by atoms with van der Waals surface area (Å²) in [5.41, 5.74) is -1.02. The van der Waals surface area contributed by atoms with Gasteiger partial charge >= 0.3 is 5.97 Å².